The molecular weight excluding hydrogens is 432 g/mol. The third-order valence-corrected chi connectivity index (χ3v) is 12.1. The van der Waals surface area contributed by atoms with Gasteiger partial charge in [0.2, 0.25) is 0 Å². The molecule has 0 aliphatic heterocycles. The fourth-order valence-electron chi connectivity index (χ4n) is 4.87. The van der Waals surface area contributed by atoms with Crippen molar-refractivity contribution in [3.05, 3.63) is 103 Å². The second-order valence-electron chi connectivity index (χ2n) is 9.35. The molecular formula is C27H30O3SSi. The zero-order valence-electron chi connectivity index (χ0n) is 18.9. The Morgan fingerprint density at radius 3 is 1.72 bits per heavy atom. The summed E-state index contributed by atoms with van der Waals surface area (Å²) in [6, 6.07) is 29.4. The predicted octanol–water partition coefficient (Wildman–Crippen LogP) is 4.53. The molecule has 1 aliphatic carbocycles. The SMILES string of the molecule is CC(C)(C)C1(S(=O)(=O)O[SiH](c2ccccc2)c2ccccc2)CCC=C1c1ccccc1. The summed E-state index contributed by atoms with van der Waals surface area (Å²) >= 11 is 0. The van der Waals surface area contributed by atoms with E-state index in [-0.39, 0.29) is 0 Å². The maximum atomic E-state index is 14.3. The summed E-state index contributed by atoms with van der Waals surface area (Å²) in [5.74, 6) is 0. The summed E-state index contributed by atoms with van der Waals surface area (Å²) in [5, 5.41) is 1.91. The number of hydrogen-bond acceptors (Lipinski definition) is 3. The summed E-state index contributed by atoms with van der Waals surface area (Å²) in [6.45, 7) is 6.03. The number of hydrogen-bond donors (Lipinski definition) is 0. The van der Waals surface area contributed by atoms with Gasteiger partial charge in [-0.1, -0.05) is 118 Å². The lowest BCUT2D eigenvalue weighted by atomic mass is 9.74. The zero-order chi connectivity index (χ0) is 22.8. The van der Waals surface area contributed by atoms with Gasteiger partial charge in [-0.05, 0) is 39.8 Å². The van der Waals surface area contributed by atoms with E-state index in [1.54, 1.807) is 0 Å². The highest BCUT2D eigenvalue weighted by atomic mass is 32.2. The van der Waals surface area contributed by atoms with Gasteiger partial charge < -0.3 is 3.87 Å². The van der Waals surface area contributed by atoms with Crippen LogP contribution in [0.5, 0.6) is 0 Å². The molecule has 0 spiro atoms. The Balaban J connectivity index is 1.84. The van der Waals surface area contributed by atoms with Gasteiger partial charge in [0.15, 0.2) is 0 Å². The van der Waals surface area contributed by atoms with E-state index in [1.807, 2.05) is 112 Å². The summed E-state index contributed by atoms with van der Waals surface area (Å²) < 4.78 is 33.9. The molecule has 0 saturated carbocycles. The first-order valence-corrected chi connectivity index (χ1v) is 14.1. The summed E-state index contributed by atoms with van der Waals surface area (Å²) in [7, 11) is -6.46. The number of allylic oxidation sites excluding steroid dienone is 1. The topological polar surface area (TPSA) is 43.4 Å². The molecule has 0 fully saturated rings. The van der Waals surface area contributed by atoms with Gasteiger partial charge in [-0.2, -0.15) is 8.42 Å². The smallest absolute Gasteiger partial charge is 0.268 e. The van der Waals surface area contributed by atoms with E-state index < -0.39 is 29.3 Å². The van der Waals surface area contributed by atoms with Crippen molar-refractivity contribution in [1.29, 1.82) is 0 Å². The Kier molecular flexibility index (Phi) is 6.25. The van der Waals surface area contributed by atoms with Gasteiger partial charge in [0.25, 0.3) is 19.2 Å². The average molecular weight is 463 g/mol. The summed E-state index contributed by atoms with van der Waals surface area (Å²) in [6.07, 6.45) is 3.32. The Hall–Kier alpha value is -2.47. The van der Waals surface area contributed by atoms with Crippen LogP contribution in [0.3, 0.4) is 0 Å². The van der Waals surface area contributed by atoms with Crippen LogP contribution in [0.4, 0.5) is 0 Å². The Labute approximate surface area is 193 Å². The van der Waals surface area contributed by atoms with Crippen LogP contribution in [0.25, 0.3) is 5.57 Å². The minimum absolute atomic E-state index is 0.522. The molecule has 1 unspecified atom stereocenters. The molecule has 4 rings (SSSR count). The van der Waals surface area contributed by atoms with Crippen molar-refractivity contribution in [2.45, 2.75) is 38.4 Å². The summed E-state index contributed by atoms with van der Waals surface area (Å²) in [5.41, 5.74) is 1.26. The second kappa shape index (κ2) is 8.81. The lowest BCUT2D eigenvalue weighted by molar-refractivity contribution is 0.297. The lowest BCUT2D eigenvalue weighted by Crippen LogP contribution is -2.55. The highest BCUT2D eigenvalue weighted by Gasteiger charge is 2.58. The van der Waals surface area contributed by atoms with Gasteiger partial charge in [0.05, 0.1) is 0 Å². The maximum Gasteiger partial charge on any atom is 0.268 e. The monoisotopic (exact) mass is 462 g/mol. The minimum Gasteiger partial charge on any atom is -0.307 e. The minimum atomic E-state index is -3.98. The molecule has 0 radical (unpaired) electrons. The van der Waals surface area contributed by atoms with Gasteiger partial charge >= 0.3 is 0 Å². The molecule has 1 atom stereocenters. The van der Waals surface area contributed by atoms with Crippen molar-refractivity contribution >= 4 is 35.1 Å². The first kappa shape index (κ1) is 22.7. The van der Waals surface area contributed by atoms with E-state index in [1.165, 1.54) is 0 Å². The molecule has 0 bridgehead atoms. The molecule has 0 aromatic heterocycles. The fourth-order valence-corrected chi connectivity index (χ4v) is 10.5. The maximum absolute atomic E-state index is 14.3. The molecule has 32 heavy (non-hydrogen) atoms. The van der Waals surface area contributed by atoms with Crippen LogP contribution in [0.15, 0.2) is 97.1 Å². The van der Waals surface area contributed by atoms with Gasteiger partial charge in [0.1, 0.15) is 4.75 Å². The van der Waals surface area contributed by atoms with Crippen LogP contribution in [0, 0.1) is 5.41 Å². The van der Waals surface area contributed by atoms with Crippen LogP contribution < -0.4 is 10.4 Å². The molecule has 0 N–H and O–H groups in total. The van der Waals surface area contributed by atoms with Gasteiger partial charge in [-0.25, -0.2) is 0 Å². The summed E-state index contributed by atoms with van der Waals surface area (Å²) in [4.78, 5) is 0. The van der Waals surface area contributed by atoms with Crippen molar-refractivity contribution in [3.8, 4) is 0 Å². The molecule has 0 amide bonds. The van der Waals surface area contributed by atoms with E-state index >= 15 is 0 Å². The third-order valence-electron chi connectivity index (χ3n) is 6.43. The molecule has 166 valence electrons. The molecule has 0 saturated heterocycles. The van der Waals surface area contributed by atoms with Crippen molar-refractivity contribution in [3.63, 3.8) is 0 Å². The van der Waals surface area contributed by atoms with Crippen LogP contribution in [-0.4, -0.2) is 22.2 Å². The van der Waals surface area contributed by atoms with Crippen molar-refractivity contribution < 1.29 is 12.3 Å². The van der Waals surface area contributed by atoms with Gasteiger partial charge in [-0.3, -0.25) is 0 Å². The van der Waals surface area contributed by atoms with Gasteiger partial charge in [-0.15, -0.1) is 0 Å². The Bertz CT molecular complexity index is 1140. The Morgan fingerprint density at radius 2 is 1.25 bits per heavy atom. The molecule has 0 heterocycles. The zero-order valence-corrected chi connectivity index (χ0v) is 20.8. The van der Waals surface area contributed by atoms with E-state index in [0.717, 1.165) is 21.5 Å². The van der Waals surface area contributed by atoms with Crippen molar-refractivity contribution in [2.75, 3.05) is 0 Å². The van der Waals surface area contributed by atoms with Crippen LogP contribution in [-0.2, 0) is 14.0 Å². The number of benzene rings is 3. The van der Waals surface area contributed by atoms with Gasteiger partial charge in [0, 0.05) is 0 Å². The highest BCUT2D eigenvalue weighted by Crippen LogP contribution is 2.54. The van der Waals surface area contributed by atoms with Crippen molar-refractivity contribution in [2.24, 2.45) is 5.41 Å². The molecule has 5 heteroatoms. The second-order valence-corrected chi connectivity index (χ2v) is 13.8. The van der Waals surface area contributed by atoms with E-state index in [0.29, 0.717) is 12.8 Å². The fraction of sp³-hybridized carbons (Fsp3) is 0.259. The number of rotatable bonds is 6. The first-order valence-electron chi connectivity index (χ1n) is 11.0. The van der Waals surface area contributed by atoms with Crippen LogP contribution >= 0.6 is 0 Å². The molecule has 3 aromatic rings. The third kappa shape index (κ3) is 4.01. The predicted molar refractivity (Wildman–Crippen MR) is 135 cm³/mol. The normalized spacial score (nSPS) is 19.2. The molecule has 3 aromatic carbocycles. The average Bonchev–Trinajstić information content (AvgIpc) is 3.27. The highest BCUT2D eigenvalue weighted by molar-refractivity contribution is 7.89. The first-order chi connectivity index (χ1) is 15.3. The lowest BCUT2D eigenvalue weighted by Gasteiger charge is -2.43. The van der Waals surface area contributed by atoms with E-state index in [4.69, 9.17) is 3.87 Å². The van der Waals surface area contributed by atoms with Crippen LogP contribution in [0.1, 0.15) is 39.2 Å². The van der Waals surface area contributed by atoms with E-state index in [9.17, 15) is 8.42 Å². The molecule has 3 nitrogen and oxygen atoms in total. The Morgan fingerprint density at radius 1 is 0.781 bits per heavy atom. The standard InChI is InChI=1S/C27H30O3SSi/c1-26(2,3)27(21-13-20-25(27)22-14-7-4-8-15-22)31(28,29)30-32(23-16-9-5-10-17-23)24-18-11-6-12-19-24/h4-12,14-20,32H,13,21H2,1-3H3. The largest absolute Gasteiger partial charge is 0.307 e. The molecule has 1 aliphatic rings. The van der Waals surface area contributed by atoms with Crippen LogP contribution in [0.2, 0.25) is 0 Å². The van der Waals surface area contributed by atoms with Crippen molar-refractivity contribution in [1.82, 2.24) is 0 Å². The quantitative estimate of drug-likeness (QED) is 0.506. The van der Waals surface area contributed by atoms with E-state index in [2.05, 4.69) is 6.08 Å².